The first-order chi connectivity index (χ1) is 8.91. The Kier molecular flexibility index (Phi) is 3.90. The highest BCUT2D eigenvalue weighted by Gasteiger charge is 2.36. The highest BCUT2D eigenvalue weighted by atomic mass is 16.2. The van der Waals surface area contributed by atoms with Gasteiger partial charge >= 0.3 is 0 Å². The third-order valence-corrected chi connectivity index (χ3v) is 3.98. The zero-order valence-corrected chi connectivity index (χ0v) is 12.0. The van der Waals surface area contributed by atoms with Gasteiger partial charge in [0, 0.05) is 32.3 Å². The molecule has 1 atom stereocenters. The van der Waals surface area contributed by atoms with E-state index in [1.807, 2.05) is 17.0 Å². The van der Waals surface area contributed by atoms with Crippen LogP contribution in [0.1, 0.15) is 38.4 Å². The van der Waals surface area contributed by atoms with Gasteiger partial charge in [0.15, 0.2) is 0 Å². The van der Waals surface area contributed by atoms with Crippen LogP contribution in [0.5, 0.6) is 0 Å². The summed E-state index contributed by atoms with van der Waals surface area (Å²) in [5.74, 6) is 0.671. The molecule has 0 aromatic carbocycles. The predicted octanol–water partition coefficient (Wildman–Crippen LogP) is 1.93. The summed E-state index contributed by atoms with van der Waals surface area (Å²) >= 11 is 0. The summed E-state index contributed by atoms with van der Waals surface area (Å²) in [7, 11) is 0. The fourth-order valence-corrected chi connectivity index (χ4v) is 2.51. The summed E-state index contributed by atoms with van der Waals surface area (Å²) in [4.78, 5) is 18.3. The van der Waals surface area contributed by atoms with Crippen molar-refractivity contribution >= 4 is 5.91 Å². The number of hydrogen-bond acceptors (Lipinski definition) is 3. The first kappa shape index (κ1) is 14.0. The molecule has 0 bridgehead atoms. The van der Waals surface area contributed by atoms with Crippen LogP contribution in [0.2, 0.25) is 0 Å². The van der Waals surface area contributed by atoms with Gasteiger partial charge < -0.3 is 10.6 Å². The number of aromatic nitrogens is 1. The molecule has 0 saturated carbocycles. The van der Waals surface area contributed by atoms with Crippen LogP contribution in [0, 0.1) is 11.3 Å². The van der Waals surface area contributed by atoms with Crippen molar-refractivity contribution in [3.63, 3.8) is 0 Å². The zero-order chi connectivity index (χ0) is 14.0. The summed E-state index contributed by atoms with van der Waals surface area (Å²) < 4.78 is 0. The average molecular weight is 261 g/mol. The minimum atomic E-state index is 0.177. The highest BCUT2D eigenvalue weighted by molar-refractivity contribution is 5.78. The third-order valence-electron chi connectivity index (χ3n) is 3.98. The van der Waals surface area contributed by atoms with Crippen LogP contribution in [0.15, 0.2) is 18.3 Å². The van der Waals surface area contributed by atoms with E-state index in [0.29, 0.717) is 25.4 Å². The molecule has 0 spiro atoms. The smallest absolute Gasteiger partial charge is 0.223 e. The van der Waals surface area contributed by atoms with Crippen LogP contribution in [0.3, 0.4) is 0 Å². The van der Waals surface area contributed by atoms with E-state index in [1.54, 1.807) is 6.20 Å². The Bertz CT molecular complexity index is 465. The van der Waals surface area contributed by atoms with E-state index in [2.05, 4.69) is 25.8 Å². The second-order valence-corrected chi connectivity index (χ2v) is 6.35. The number of nitrogens with zero attached hydrogens (tertiary/aromatic N) is 2. The maximum Gasteiger partial charge on any atom is 0.223 e. The van der Waals surface area contributed by atoms with E-state index in [0.717, 1.165) is 17.8 Å². The van der Waals surface area contributed by atoms with E-state index in [4.69, 9.17) is 5.73 Å². The Hall–Kier alpha value is -1.42. The van der Waals surface area contributed by atoms with Crippen LogP contribution in [-0.2, 0) is 17.9 Å². The van der Waals surface area contributed by atoms with Crippen molar-refractivity contribution < 1.29 is 4.79 Å². The number of carbonyl (C=O) groups is 1. The van der Waals surface area contributed by atoms with Crippen molar-refractivity contribution in [3.05, 3.63) is 29.6 Å². The Morgan fingerprint density at radius 2 is 2.21 bits per heavy atom. The van der Waals surface area contributed by atoms with Gasteiger partial charge in [-0.15, -0.1) is 0 Å². The Labute approximate surface area is 115 Å². The van der Waals surface area contributed by atoms with Gasteiger partial charge in [0.05, 0.1) is 5.69 Å². The molecular weight excluding hydrogens is 238 g/mol. The van der Waals surface area contributed by atoms with Crippen LogP contribution >= 0.6 is 0 Å². The van der Waals surface area contributed by atoms with Gasteiger partial charge in [-0.25, -0.2) is 0 Å². The number of likely N-dealkylation sites (tertiary alicyclic amines) is 1. The molecule has 1 unspecified atom stereocenters. The van der Waals surface area contributed by atoms with E-state index in [9.17, 15) is 4.79 Å². The van der Waals surface area contributed by atoms with Gasteiger partial charge in [-0.2, -0.15) is 0 Å². The summed E-state index contributed by atoms with van der Waals surface area (Å²) in [6.07, 6.45) is 2.40. The highest BCUT2D eigenvalue weighted by Crippen LogP contribution is 2.34. The minimum Gasteiger partial charge on any atom is -0.338 e. The SMILES string of the molecule is CC(C)(C)C1CC(=O)N(Cc2cccnc2CN)C1. The quantitative estimate of drug-likeness (QED) is 0.904. The summed E-state index contributed by atoms with van der Waals surface area (Å²) in [5, 5.41) is 0. The maximum absolute atomic E-state index is 12.1. The molecule has 2 heterocycles. The molecule has 4 heteroatoms. The van der Waals surface area contributed by atoms with Crippen molar-refractivity contribution in [1.82, 2.24) is 9.88 Å². The first-order valence-corrected chi connectivity index (χ1v) is 6.82. The second kappa shape index (κ2) is 5.29. The van der Waals surface area contributed by atoms with Gasteiger partial charge in [-0.1, -0.05) is 26.8 Å². The number of hydrogen-bond donors (Lipinski definition) is 1. The van der Waals surface area contributed by atoms with E-state index in [-0.39, 0.29) is 11.3 Å². The van der Waals surface area contributed by atoms with Crippen molar-refractivity contribution in [1.29, 1.82) is 0 Å². The normalized spacial score (nSPS) is 20.1. The van der Waals surface area contributed by atoms with Gasteiger partial charge in [0.1, 0.15) is 0 Å². The van der Waals surface area contributed by atoms with E-state index < -0.39 is 0 Å². The lowest BCUT2D eigenvalue weighted by atomic mass is 9.80. The van der Waals surface area contributed by atoms with Gasteiger partial charge in [0.25, 0.3) is 0 Å². The van der Waals surface area contributed by atoms with Gasteiger partial charge in [-0.3, -0.25) is 9.78 Å². The molecule has 1 aromatic heterocycles. The fourth-order valence-electron chi connectivity index (χ4n) is 2.51. The molecule has 0 aliphatic carbocycles. The predicted molar refractivity (Wildman–Crippen MR) is 75.1 cm³/mol. The molecule has 2 N–H and O–H groups in total. The Morgan fingerprint density at radius 1 is 1.47 bits per heavy atom. The molecule has 1 aromatic rings. The summed E-state index contributed by atoms with van der Waals surface area (Å²) in [6.45, 7) is 8.48. The largest absolute Gasteiger partial charge is 0.338 e. The third kappa shape index (κ3) is 3.13. The lowest BCUT2D eigenvalue weighted by Crippen LogP contribution is -2.28. The topological polar surface area (TPSA) is 59.2 Å². The van der Waals surface area contributed by atoms with Crippen LogP contribution in [-0.4, -0.2) is 22.3 Å². The standard InChI is InChI=1S/C15H23N3O/c1-15(2,3)12-7-14(19)18(10-12)9-11-5-4-6-17-13(11)8-16/h4-6,12H,7-10,16H2,1-3H3. The number of nitrogens with two attached hydrogens (primary N) is 1. The summed E-state index contributed by atoms with van der Waals surface area (Å²) in [5.41, 5.74) is 7.81. The van der Waals surface area contributed by atoms with E-state index >= 15 is 0 Å². The molecular formula is C15H23N3O. The van der Waals surface area contributed by atoms with Crippen molar-refractivity contribution in [2.75, 3.05) is 6.54 Å². The van der Waals surface area contributed by atoms with Gasteiger partial charge in [-0.05, 0) is 23.0 Å². The van der Waals surface area contributed by atoms with Crippen molar-refractivity contribution in [3.8, 4) is 0 Å². The Balaban J connectivity index is 2.10. The second-order valence-electron chi connectivity index (χ2n) is 6.35. The molecule has 2 rings (SSSR count). The molecule has 1 saturated heterocycles. The number of rotatable bonds is 3. The van der Waals surface area contributed by atoms with Crippen LogP contribution < -0.4 is 5.73 Å². The Morgan fingerprint density at radius 3 is 2.79 bits per heavy atom. The molecule has 0 radical (unpaired) electrons. The molecule has 1 amide bonds. The number of pyridine rings is 1. The van der Waals surface area contributed by atoms with Crippen LogP contribution in [0.4, 0.5) is 0 Å². The molecule has 104 valence electrons. The van der Waals surface area contributed by atoms with Crippen molar-refractivity contribution in [2.24, 2.45) is 17.1 Å². The molecule has 1 aliphatic rings. The van der Waals surface area contributed by atoms with Crippen molar-refractivity contribution in [2.45, 2.75) is 40.3 Å². The average Bonchev–Trinajstić information content (AvgIpc) is 2.72. The molecule has 19 heavy (non-hydrogen) atoms. The lowest BCUT2D eigenvalue weighted by Gasteiger charge is -2.26. The van der Waals surface area contributed by atoms with E-state index in [1.165, 1.54) is 0 Å². The monoisotopic (exact) mass is 261 g/mol. The maximum atomic E-state index is 12.1. The van der Waals surface area contributed by atoms with Gasteiger partial charge in [0.2, 0.25) is 5.91 Å². The lowest BCUT2D eigenvalue weighted by molar-refractivity contribution is -0.128. The molecule has 4 nitrogen and oxygen atoms in total. The zero-order valence-electron chi connectivity index (χ0n) is 12.0. The van der Waals surface area contributed by atoms with Crippen LogP contribution in [0.25, 0.3) is 0 Å². The number of carbonyl (C=O) groups excluding carboxylic acids is 1. The minimum absolute atomic E-state index is 0.177. The first-order valence-electron chi connectivity index (χ1n) is 6.82. The molecule has 1 aliphatic heterocycles. The summed E-state index contributed by atoms with van der Waals surface area (Å²) in [6, 6.07) is 3.91. The number of amides is 1. The molecule has 1 fully saturated rings. The fraction of sp³-hybridized carbons (Fsp3) is 0.600.